The predicted octanol–water partition coefficient (Wildman–Crippen LogP) is 2.64. The van der Waals surface area contributed by atoms with Crippen molar-refractivity contribution in [2.75, 3.05) is 12.3 Å². The van der Waals surface area contributed by atoms with E-state index in [4.69, 9.17) is 10.5 Å². The fourth-order valence-corrected chi connectivity index (χ4v) is 2.32. The van der Waals surface area contributed by atoms with E-state index in [0.29, 0.717) is 24.7 Å². The average molecular weight is 298 g/mol. The maximum absolute atomic E-state index is 12.9. The molecule has 1 atom stereocenters. The standard InChI is InChI=1S/C13H13F3N4O/c1-7-12-19-10(6-20(12)2-3-21-7)8-4-9(13(14,15)16)11(17)18-5-8/h4-7H,2-3H2,1H3,(H2,17,18). The molecule has 3 heterocycles. The molecular formula is C13H13F3N4O. The maximum atomic E-state index is 12.9. The summed E-state index contributed by atoms with van der Waals surface area (Å²) in [6.45, 7) is 3.03. The highest BCUT2D eigenvalue weighted by molar-refractivity contribution is 5.62. The van der Waals surface area contributed by atoms with Crippen LogP contribution in [0.5, 0.6) is 0 Å². The molecule has 112 valence electrons. The van der Waals surface area contributed by atoms with Crippen molar-refractivity contribution in [2.24, 2.45) is 0 Å². The third kappa shape index (κ3) is 2.46. The monoisotopic (exact) mass is 298 g/mol. The van der Waals surface area contributed by atoms with E-state index in [-0.39, 0.29) is 11.7 Å². The highest BCUT2D eigenvalue weighted by atomic mass is 19.4. The number of aromatic nitrogens is 3. The summed E-state index contributed by atoms with van der Waals surface area (Å²) in [4.78, 5) is 7.97. The number of rotatable bonds is 1. The Balaban J connectivity index is 2.05. The normalized spacial score (nSPS) is 18.6. The summed E-state index contributed by atoms with van der Waals surface area (Å²) < 4.78 is 45.9. The van der Waals surface area contributed by atoms with Crippen molar-refractivity contribution in [3.05, 3.63) is 29.8 Å². The van der Waals surface area contributed by atoms with Crippen LogP contribution >= 0.6 is 0 Å². The van der Waals surface area contributed by atoms with E-state index in [0.717, 1.165) is 6.07 Å². The first kappa shape index (κ1) is 13.9. The molecule has 5 nitrogen and oxygen atoms in total. The number of nitrogens with two attached hydrogens (primary N) is 1. The molecular weight excluding hydrogens is 285 g/mol. The van der Waals surface area contributed by atoms with Crippen molar-refractivity contribution in [2.45, 2.75) is 25.7 Å². The van der Waals surface area contributed by atoms with Crippen LogP contribution in [0.15, 0.2) is 18.5 Å². The Bertz CT molecular complexity index is 681. The van der Waals surface area contributed by atoms with Gasteiger partial charge in [0.05, 0.1) is 17.9 Å². The molecule has 21 heavy (non-hydrogen) atoms. The highest BCUT2D eigenvalue weighted by Gasteiger charge is 2.34. The lowest BCUT2D eigenvalue weighted by molar-refractivity contribution is -0.137. The Morgan fingerprint density at radius 3 is 2.86 bits per heavy atom. The van der Waals surface area contributed by atoms with Crippen molar-refractivity contribution in [1.29, 1.82) is 0 Å². The lowest BCUT2D eigenvalue weighted by Gasteiger charge is -2.20. The summed E-state index contributed by atoms with van der Waals surface area (Å²) >= 11 is 0. The summed E-state index contributed by atoms with van der Waals surface area (Å²) in [7, 11) is 0. The molecule has 3 rings (SSSR count). The van der Waals surface area contributed by atoms with Crippen LogP contribution in [0.1, 0.15) is 24.4 Å². The van der Waals surface area contributed by atoms with Gasteiger partial charge in [-0.3, -0.25) is 0 Å². The summed E-state index contributed by atoms with van der Waals surface area (Å²) in [5.74, 6) is 0.161. The lowest BCUT2D eigenvalue weighted by Crippen LogP contribution is -2.19. The van der Waals surface area contributed by atoms with Crippen molar-refractivity contribution in [1.82, 2.24) is 14.5 Å². The van der Waals surface area contributed by atoms with E-state index in [2.05, 4.69) is 9.97 Å². The number of fused-ring (bicyclic) bond motifs is 1. The third-order valence-electron chi connectivity index (χ3n) is 3.39. The molecule has 1 aliphatic heterocycles. The average Bonchev–Trinajstić information content (AvgIpc) is 2.83. The van der Waals surface area contributed by atoms with Crippen LogP contribution in [0.3, 0.4) is 0 Å². The number of halogens is 3. The second-order valence-electron chi connectivity index (χ2n) is 4.85. The van der Waals surface area contributed by atoms with Gasteiger partial charge in [0.1, 0.15) is 17.7 Å². The number of anilines is 1. The molecule has 0 aliphatic carbocycles. The molecule has 0 saturated heterocycles. The Morgan fingerprint density at radius 2 is 2.19 bits per heavy atom. The molecule has 1 aliphatic rings. The number of hydrogen-bond acceptors (Lipinski definition) is 4. The van der Waals surface area contributed by atoms with Gasteiger partial charge in [-0.25, -0.2) is 9.97 Å². The Labute approximate surface area is 118 Å². The molecule has 0 saturated carbocycles. The Hall–Kier alpha value is -2.09. The van der Waals surface area contributed by atoms with E-state index >= 15 is 0 Å². The number of nitrogen functional groups attached to an aromatic ring is 1. The highest BCUT2D eigenvalue weighted by Crippen LogP contribution is 2.35. The van der Waals surface area contributed by atoms with Crippen LogP contribution in [0, 0.1) is 0 Å². The topological polar surface area (TPSA) is 66.0 Å². The number of alkyl halides is 3. The molecule has 0 aromatic carbocycles. The minimum absolute atomic E-state index is 0.184. The van der Waals surface area contributed by atoms with E-state index in [1.165, 1.54) is 6.20 Å². The zero-order chi connectivity index (χ0) is 15.2. The Morgan fingerprint density at radius 1 is 1.43 bits per heavy atom. The molecule has 2 N–H and O–H groups in total. The molecule has 2 aromatic rings. The fourth-order valence-electron chi connectivity index (χ4n) is 2.32. The van der Waals surface area contributed by atoms with Crippen molar-refractivity contribution >= 4 is 5.82 Å². The zero-order valence-corrected chi connectivity index (χ0v) is 11.2. The van der Waals surface area contributed by atoms with Gasteiger partial charge in [-0.15, -0.1) is 0 Å². The van der Waals surface area contributed by atoms with Gasteiger partial charge >= 0.3 is 6.18 Å². The summed E-state index contributed by atoms with van der Waals surface area (Å²) in [6, 6.07) is 0.974. The fraction of sp³-hybridized carbons (Fsp3) is 0.385. The largest absolute Gasteiger partial charge is 0.419 e. The summed E-state index contributed by atoms with van der Waals surface area (Å²) in [5, 5.41) is 0. The van der Waals surface area contributed by atoms with Crippen LogP contribution in [-0.4, -0.2) is 21.1 Å². The zero-order valence-electron chi connectivity index (χ0n) is 11.2. The molecule has 1 unspecified atom stereocenters. The number of ether oxygens (including phenoxy) is 1. The molecule has 0 spiro atoms. The molecule has 0 radical (unpaired) electrons. The van der Waals surface area contributed by atoms with E-state index in [1.807, 2.05) is 11.5 Å². The quantitative estimate of drug-likeness (QED) is 0.879. The lowest BCUT2D eigenvalue weighted by atomic mass is 10.1. The molecule has 8 heteroatoms. The predicted molar refractivity (Wildman–Crippen MR) is 69.2 cm³/mol. The van der Waals surface area contributed by atoms with Gasteiger partial charge in [0.2, 0.25) is 0 Å². The summed E-state index contributed by atoms with van der Waals surface area (Å²) in [6.07, 6.45) is -1.72. The second-order valence-corrected chi connectivity index (χ2v) is 4.85. The van der Waals surface area contributed by atoms with Gasteiger partial charge in [-0.2, -0.15) is 13.2 Å². The SMILES string of the molecule is CC1OCCn2cc(-c3cnc(N)c(C(F)(F)F)c3)nc21. The van der Waals surface area contributed by atoms with Gasteiger partial charge in [0.15, 0.2) is 0 Å². The Kier molecular flexibility index (Phi) is 3.12. The number of pyridine rings is 1. The first-order valence-corrected chi connectivity index (χ1v) is 6.38. The van der Waals surface area contributed by atoms with Crippen molar-refractivity contribution in [3.8, 4) is 11.3 Å². The molecule has 0 fully saturated rings. The van der Waals surface area contributed by atoms with Crippen LogP contribution in [0.25, 0.3) is 11.3 Å². The van der Waals surface area contributed by atoms with E-state index in [9.17, 15) is 13.2 Å². The molecule has 0 bridgehead atoms. The van der Waals surface area contributed by atoms with Gasteiger partial charge in [-0.05, 0) is 13.0 Å². The minimum atomic E-state index is -4.54. The minimum Gasteiger partial charge on any atom is -0.383 e. The van der Waals surface area contributed by atoms with Crippen LogP contribution < -0.4 is 5.73 Å². The number of imidazole rings is 1. The van der Waals surface area contributed by atoms with Crippen molar-refractivity contribution < 1.29 is 17.9 Å². The van der Waals surface area contributed by atoms with Crippen molar-refractivity contribution in [3.63, 3.8) is 0 Å². The van der Waals surface area contributed by atoms with Gasteiger partial charge in [0.25, 0.3) is 0 Å². The smallest absolute Gasteiger partial charge is 0.383 e. The number of nitrogens with zero attached hydrogens (tertiary/aromatic N) is 3. The first-order valence-electron chi connectivity index (χ1n) is 6.38. The van der Waals surface area contributed by atoms with Crippen LogP contribution in [0.2, 0.25) is 0 Å². The van der Waals surface area contributed by atoms with E-state index < -0.39 is 17.6 Å². The van der Waals surface area contributed by atoms with Gasteiger partial charge in [0, 0.05) is 24.5 Å². The summed E-state index contributed by atoms with van der Waals surface area (Å²) in [5.41, 5.74) is 5.06. The van der Waals surface area contributed by atoms with Gasteiger partial charge in [-0.1, -0.05) is 0 Å². The van der Waals surface area contributed by atoms with E-state index in [1.54, 1.807) is 6.20 Å². The third-order valence-corrected chi connectivity index (χ3v) is 3.39. The molecule has 2 aromatic heterocycles. The molecule has 0 amide bonds. The number of hydrogen-bond donors (Lipinski definition) is 1. The van der Waals surface area contributed by atoms with Crippen LogP contribution in [0.4, 0.5) is 19.0 Å². The second kappa shape index (κ2) is 4.73. The van der Waals surface area contributed by atoms with Gasteiger partial charge < -0.3 is 15.0 Å². The maximum Gasteiger partial charge on any atom is 0.419 e. The first-order chi connectivity index (χ1) is 9.86. The van der Waals surface area contributed by atoms with Crippen LogP contribution in [-0.2, 0) is 17.5 Å².